The minimum absolute atomic E-state index is 0.839. The highest BCUT2D eigenvalue weighted by Crippen LogP contribution is 2.21. The molecule has 2 rings (SSSR count). The lowest BCUT2D eigenvalue weighted by Gasteiger charge is -2.29. The van der Waals surface area contributed by atoms with Gasteiger partial charge in [0.25, 0.3) is 0 Å². The summed E-state index contributed by atoms with van der Waals surface area (Å²) in [7, 11) is 4.21. The fourth-order valence-corrected chi connectivity index (χ4v) is 2.63. The topological polar surface area (TPSA) is 15.3 Å². The zero-order chi connectivity index (χ0) is 11.4. The van der Waals surface area contributed by atoms with Gasteiger partial charge in [-0.05, 0) is 56.5 Å². The van der Waals surface area contributed by atoms with E-state index < -0.39 is 0 Å². The van der Waals surface area contributed by atoms with Gasteiger partial charge in [0.15, 0.2) is 0 Å². The third-order valence-corrected chi connectivity index (χ3v) is 3.46. The molecular weight excluding hydrogens is 196 g/mol. The third kappa shape index (κ3) is 2.99. The van der Waals surface area contributed by atoms with Gasteiger partial charge in [-0.15, -0.1) is 0 Å². The van der Waals surface area contributed by atoms with E-state index in [1.54, 1.807) is 0 Å². The van der Waals surface area contributed by atoms with Crippen molar-refractivity contribution in [2.45, 2.75) is 19.3 Å². The molecule has 0 saturated carbocycles. The van der Waals surface area contributed by atoms with Crippen LogP contribution in [0.25, 0.3) is 0 Å². The van der Waals surface area contributed by atoms with Crippen molar-refractivity contribution in [2.75, 3.05) is 32.5 Å². The van der Waals surface area contributed by atoms with Gasteiger partial charge in [-0.3, -0.25) is 0 Å². The number of hydrogen-bond donors (Lipinski definition) is 1. The summed E-state index contributed by atoms with van der Waals surface area (Å²) < 4.78 is 0. The molecule has 2 nitrogen and oxygen atoms in total. The summed E-state index contributed by atoms with van der Waals surface area (Å²) in [5.74, 6) is 0.839. The third-order valence-electron chi connectivity index (χ3n) is 3.46. The minimum atomic E-state index is 0.839. The first kappa shape index (κ1) is 11.5. The van der Waals surface area contributed by atoms with Crippen molar-refractivity contribution in [3.05, 3.63) is 29.8 Å². The molecule has 0 aliphatic carbocycles. The first-order valence-corrected chi connectivity index (χ1v) is 6.23. The maximum Gasteiger partial charge on any atom is 0.0340 e. The highest BCUT2D eigenvalue weighted by Gasteiger charge is 2.17. The van der Waals surface area contributed by atoms with Crippen molar-refractivity contribution in [2.24, 2.45) is 5.92 Å². The number of hydrogen-bond acceptors (Lipinski definition) is 2. The van der Waals surface area contributed by atoms with Crippen LogP contribution in [-0.4, -0.2) is 32.1 Å². The molecule has 0 bridgehead atoms. The molecule has 0 spiro atoms. The van der Waals surface area contributed by atoms with Crippen LogP contribution in [0.15, 0.2) is 24.3 Å². The van der Waals surface area contributed by atoms with E-state index in [1.807, 2.05) is 7.05 Å². The second-order valence-corrected chi connectivity index (χ2v) is 4.92. The number of benzene rings is 1. The van der Waals surface area contributed by atoms with Crippen LogP contribution < -0.4 is 5.32 Å². The first-order valence-electron chi connectivity index (χ1n) is 6.23. The molecule has 1 aliphatic rings. The molecule has 1 N–H and O–H groups in total. The largest absolute Gasteiger partial charge is 0.388 e. The Morgan fingerprint density at radius 3 is 3.06 bits per heavy atom. The number of anilines is 1. The van der Waals surface area contributed by atoms with Crippen LogP contribution >= 0.6 is 0 Å². The highest BCUT2D eigenvalue weighted by molar-refractivity contribution is 5.45. The van der Waals surface area contributed by atoms with Gasteiger partial charge in [0.1, 0.15) is 0 Å². The van der Waals surface area contributed by atoms with Gasteiger partial charge >= 0.3 is 0 Å². The van der Waals surface area contributed by atoms with Crippen LogP contribution in [0.4, 0.5) is 5.69 Å². The summed E-state index contributed by atoms with van der Waals surface area (Å²) in [5, 5.41) is 3.20. The molecule has 1 aliphatic heterocycles. The summed E-state index contributed by atoms with van der Waals surface area (Å²) >= 11 is 0. The predicted octanol–water partition coefficient (Wildman–Crippen LogP) is 2.61. The van der Waals surface area contributed by atoms with Gasteiger partial charge in [0, 0.05) is 19.3 Å². The van der Waals surface area contributed by atoms with Crippen LogP contribution in [0.2, 0.25) is 0 Å². The standard InChI is InChI=1S/C14H22N2/c1-15-14-7-3-5-12(10-14)9-13-6-4-8-16(2)11-13/h3,5,7,10,13,15H,4,6,8-9,11H2,1-2H3. The monoisotopic (exact) mass is 218 g/mol. The maximum absolute atomic E-state index is 3.20. The number of likely N-dealkylation sites (tertiary alicyclic amines) is 1. The number of rotatable bonds is 3. The van der Waals surface area contributed by atoms with Gasteiger partial charge in [0.05, 0.1) is 0 Å². The molecule has 1 saturated heterocycles. The fourth-order valence-electron chi connectivity index (χ4n) is 2.63. The molecule has 1 heterocycles. The van der Waals surface area contributed by atoms with Crippen molar-refractivity contribution in [1.29, 1.82) is 0 Å². The molecular formula is C14H22N2. The summed E-state index contributed by atoms with van der Waals surface area (Å²) in [6.45, 7) is 2.52. The molecule has 1 unspecified atom stereocenters. The van der Waals surface area contributed by atoms with Gasteiger partial charge in [-0.1, -0.05) is 12.1 Å². The molecule has 0 amide bonds. The van der Waals surface area contributed by atoms with E-state index in [0.717, 1.165) is 5.92 Å². The van der Waals surface area contributed by atoms with Crippen molar-refractivity contribution in [3.63, 3.8) is 0 Å². The quantitative estimate of drug-likeness (QED) is 0.839. The molecule has 1 atom stereocenters. The Morgan fingerprint density at radius 1 is 1.44 bits per heavy atom. The van der Waals surface area contributed by atoms with Crippen molar-refractivity contribution in [1.82, 2.24) is 4.90 Å². The summed E-state index contributed by atoms with van der Waals surface area (Å²) in [6, 6.07) is 8.79. The van der Waals surface area contributed by atoms with Crippen LogP contribution in [0.3, 0.4) is 0 Å². The zero-order valence-corrected chi connectivity index (χ0v) is 10.4. The molecule has 16 heavy (non-hydrogen) atoms. The van der Waals surface area contributed by atoms with E-state index >= 15 is 0 Å². The molecule has 1 aromatic carbocycles. The van der Waals surface area contributed by atoms with Crippen molar-refractivity contribution in [3.8, 4) is 0 Å². The molecule has 1 fully saturated rings. The van der Waals surface area contributed by atoms with E-state index in [1.165, 1.54) is 43.6 Å². The maximum atomic E-state index is 3.20. The smallest absolute Gasteiger partial charge is 0.0340 e. The Bertz CT molecular complexity index is 335. The lowest BCUT2D eigenvalue weighted by atomic mass is 9.91. The highest BCUT2D eigenvalue weighted by atomic mass is 15.1. The van der Waals surface area contributed by atoms with E-state index in [4.69, 9.17) is 0 Å². The second kappa shape index (κ2) is 5.35. The van der Waals surface area contributed by atoms with Crippen LogP contribution in [0.1, 0.15) is 18.4 Å². The Morgan fingerprint density at radius 2 is 2.31 bits per heavy atom. The Labute approximate surface area is 98.7 Å². The van der Waals surface area contributed by atoms with Crippen LogP contribution in [0.5, 0.6) is 0 Å². The Kier molecular flexibility index (Phi) is 3.83. The number of nitrogens with zero attached hydrogens (tertiary/aromatic N) is 1. The second-order valence-electron chi connectivity index (χ2n) is 4.92. The van der Waals surface area contributed by atoms with Gasteiger partial charge in [-0.25, -0.2) is 0 Å². The van der Waals surface area contributed by atoms with Crippen LogP contribution in [-0.2, 0) is 6.42 Å². The van der Waals surface area contributed by atoms with E-state index in [2.05, 4.69) is 41.5 Å². The molecule has 2 heteroatoms. The number of piperidine rings is 1. The Balaban J connectivity index is 1.97. The van der Waals surface area contributed by atoms with Crippen molar-refractivity contribution < 1.29 is 0 Å². The van der Waals surface area contributed by atoms with Crippen LogP contribution in [0, 0.1) is 5.92 Å². The summed E-state index contributed by atoms with van der Waals surface area (Å²) in [5.41, 5.74) is 2.69. The summed E-state index contributed by atoms with van der Waals surface area (Å²) in [6.07, 6.45) is 3.96. The minimum Gasteiger partial charge on any atom is -0.388 e. The Hall–Kier alpha value is -1.02. The molecule has 0 radical (unpaired) electrons. The fraction of sp³-hybridized carbons (Fsp3) is 0.571. The normalized spacial score (nSPS) is 22.0. The molecule has 1 aromatic rings. The lowest BCUT2D eigenvalue weighted by molar-refractivity contribution is 0.209. The van der Waals surface area contributed by atoms with E-state index in [0.29, 0.717) is 0 Å². The van der Waals surface area contributed by atoms with Gasteiger partial charge in [-0.2, -0.15) is 0 Å². The average molecular weight is 218 g/mol. The predicted molar refractivity (Wildman–Crippen MR) is 69.9 cm³/mol. The van der Waals surface area contributed by atoms with Gasteiger partial charge < -0.3 is 10.2 Å². The number of nitrogens with one attached hydrogen (secondary N) is 1. The first-order chi connectivity index (χ1) is 7.78. The van der Waals surface area contributed by atoms with Gasteiger partial charge in [0.2, 0.25) is 0 Å². The SMILES string of the molecule is CNc1cccc(CC2CCCN(C)C2)c1. The lowest BCUT2D eigenvalue weighted by Crippen LogP contribution is -2.32. The zero-order valence-electron chi connectivity index (χ0n) is 10.4. The molecule has 0 aromatic heterocycles. The van der Waals surface area contributed by atoms with E-state index in [9.17, 15) is 0 Å². The summed E-state index contributed by atoms with van der Waals surface area (Å²) in [4.78, 5) is 2.45. The average Bonchev–Trinajstić information content (AvgIpc) is 2.29. The molecule has 88 valence electrons. The van der Waals surface area contributed by atoms with E-state index in [-0.39, 0.29) is 0 Å². The van der Waals surface area contributed by atoms with Crippen molar-refractivity contribution >= 4 is 5.69 Å².